The van der Waals surface area contributed by atoms with E-state index < -0.39 is 12.6 Å². The molecular weight excluding hydrogens is 259 g/mol. The van der Waals surface area contributed by atoms with Crippen LogP contribution in [0.4, 0.5) is 13.2 Å². The van der Waals surface area contributed by atoms with Crippen molar-refractivity contribution in [3.8, 4) is 0 Å². The first kappa shape index (κ1) is 12.3. The zero-order valence-electron chi connectivity index (χ0n) is 10.00. The van der Waals surface area contributed by atoms with Crippen LogP contribution in [0.1, 0.15) is 36.6 Å². The summed E-state index contributed by atoms with van der Waals surface area (Å²) in [7, 11) is 0. The summed E-state index contributed by atoms with van der Waals surface area (Å²) >= 11 is 0. The summed E-state index contributed by atoms with van der Waals surface area (Å²) in [6.07, 6.45) is -2.32. The molecule has 0 unspecified atom stereocenters. The minimum absolute atomic E-state index is 0.240. The Morgan fingerprint density at radius 3 is 2.68 bits per heavy atom. The van der Waals surface area contributed by atoms with Crippen molar-refractivity contribution in [1.82, 2.24) is 14.6 Å². The fraction of sp³-hybridized carbons (Fsp3) is 0.500. The number of rotatable bonds is 2. The molecule has 2 aromatic heterocycles. The maximum atomic E-state index is 12.3. The molecule has 1 fully saturated rings. The molecule has 102 valence electrons. The number of hydrogen-bond donors (Lipinski definition) is 1. The van der Waals surface area contributed by atoms with Crippen molar-refractivity contribution in [2.75, 3.05) is 0 Å². The molecule has 0 radical (unpaired) electrons. The Bertz CT molecular complexity index is 667. The molecule has 0 saturated heterocycles. The van der Waals surface area contributed by atoms with Gasteiger partial charge >= 0.3 is 6.18 Å². The Hall–Kier alpha value is -1.79. The molecule has 1 aliphatic rings. The summed E-state index contributed by atoms with van der Waals surface area (Å²) in [6.45, 7) is 0. The van der Waals surface area contributed by atoms with Crippen LogP contribution in [-0.4, -0.2) is 20.8 Å². The van der Waals surface area contributed by atoms with E-state index in [-0.39, 0.29) is 17.0 Å². The molecule has 3 rings (SSSR count). The minimum atomic E-state index is -4.34. The molecule has 2 aromatic rings. The Labute approximate surface area is 106 Å². The highest BCUT2D eigenvalue weighted by molar-refractivity contribution is 5.42. The maximum Gasteiger partial charge on any atom is 0.396 e. The van der Waals surface area contributed by atoms with Crippen LogP contribution in [0.3, 0.4) is 0 Å². The number of pyridine rings is 1. The summed E-state index contributed by atoms with van der Waals surface area (Å²) in [5, 5.41) is 2.40. The number of hydrogen-bond acceptors (Lipinski definition) is 2. The van der Waals surface area contributed by atoms with Gasteiger partial charge in [-0.25, -0.2) is 9.50 Å². The third kappa shape index (κ3) is 2.36. The van der Waals surface area contributed by atoms with Crippen molar-refractivity contribution in [2.45, 2.75) is 37.8 Å². The SMILES string of the molecule is O=c1cc(C2CCC2)cc2nc(CC(F)(F)F)[nH]n12. The topological polar surface area (TPSA) is 50.2 Å². The predicted octanol–water partition coefficient (Wildman–Crippen LogP) is 2.39. The van der Waals surface area contributed by atoms with E-state index in [1.807, 2.05) is 0 Å². The molecule has 7 heteroatoms. The lowest BCUT2D eigenvalue weighted by Crippen LogP contribution is -2.18. The van der Waals surface area contributed by atoms with Gasteiger partial charge in [0, 0.05) is 6.07 Å². The fourth-order valence-electron chi connectivity index (χ4n) is 2.31. The molecule has 0 atom stereocenters. The monoisotopic (exact) mass is 271 g/mol. The zero-order valence-corrected chi connectivity index (χ0v) is 10.00. The van der Waals surface area contributed by atoms with E-state index in [4.69, 9.17) is 0 Å². The van der Waals surface area contributed by atoms with Crippen molar-refractivity contribution in [1.29, 1.82) is 0 Å². The molecule has 0 bridgehead atoms. The number of fused-ring (bicyclic) bond motifs is 1. The first-order valence-corrected chi connectivity index (χ1v) is 6.11. The van der Waals surface area contributed by atoms with E-state index in [0.29, 0.717) is 5.92 Å². The van der Waals surface area contributed by atoms with Crippen LogP contribution in [0.5, 0.6) is 0 Å². The molecule has 0 spiro atoms. The van der Waals surface area contributed by atoms with E-state index in [1.54, 1.807) is 6.07 Å². The predicted molar refractivity (Wildman–Crippen MR) is 62.2 cm³/mol. The quantitative estimate of drug-likeness (QED) is 0.911. The van der Waals surface area contributed by atoms with Gasteiger partial charge in [-0.3, -0.25) is 9.89 Å². The number of H-pyrrole nitrogens is 1. The number of nitrogens with one attached hydrogen (secondary N) is 1. The van der Waals surface area contributed by atoms with E-state index in [9.17, 15) is 18.0 Å². The van der Waals surface area contributed by atoms with E-state index >= 15 is 0 Å². The number of alkyl halides is 3. The average molecular weight is 271 g/mol. The fourth-order valence-corrected chi connectivity index (χ4v) is 2.31. The second-order valence-corrected chi connectivity index (χ2v) is 4.91. The van der Waals surface area contributed by atoms with Gasteiger partial charge in [0.05, 0.1) is 0 Å². The number of nitrogens with zero attached hydrogens (tertiary/aromatic N) is 2. The third-order valence-corrected chi connectivity index (χ3v) is 3.47. The molecule has 19 heavy (non-hydrogen) atoms. The van der Waals surface area contributed by atoms with Crippen LogP contribution in [0.15, 0.2) is 16.9 Å². The smallest absolute Gasteiger partial charge is 0.276 e. The molecule has 1 N–H and O–H groups in total. The first-order valence-electron chi connectivity index (χ1n) is 6.11. The van der Waals surface area contributed by atoms with E-state index in [2.05, 4.69) is 10.1 Å². The highest BCUT2D eigenvalue weighted by Gasteiger charge is 2.30. The Morgan fingerprint density at radius 1 is 1.37 bits per heavy atom. The average Bonchev–Trinajstić information content (AvgIpc) is 2.55. The van der Waals surface area contributed by atoms with Crippen LogP contribution in [0.2, 0.25) is 0 Å². The van der Waals surface area contributed by atoms with Crippen molar-refractivity contribution in [3.63, 3.8) is 0 Å². The second-order valence-electron chi connectivity index (χ2n) is 4.91. The van der Waals surface area contributed by atoms with Crippen molar-refractivity contribution < 1.29 is 13.2 Å². The van der Waals surface area contributed by atoms with Gasteiger partial charge < -0.3 is 0 Å². The summed E-state index contributed by atoms with van der Waals surface area (Å²) in [4.78, 5) is 15.7. The lowest BCUT2D eigenvalue weighted by Gasteiger charge is -2.25. The molecule has 4 nitrogen and oxygen atoms in total. The summed E-state index contributed by atoms with van der Waals surface area (Å²) < 4.78 is 37.9. The van der Waals surface area contributed by atoms with Gasteiger partial charge in [-0.1, -0.05) is 6.42 Å². The van der Waals surface area contributed by atoms with Crippen LogP contribution >= 0.6 is 0 Å². The molecule has 0 aromatic carbocycles. The van der Waals surface area contributed by atoms with Gasteiger partial charge in [0.1, 0.15) is 12.2 Å². The van der Waals surface area contributed by atoms with E-state index in [0.717, 1.165) is 29.3 Å². The van der Waals surface area contributed by atoms with Gasteiger partial charge in [0.15, 0.2) is 5.65 Å². The lowest BCUT2D eigenvalue weighted by atomic mass is 9.80. The number of aromatic amines is 1. The minimum Gasteiger partial charge on any atom is -0.276 e. The summed E-state index contributed by atoms with van der Waals surface area (Å²) in [6, 6.07) is 3.17. The van der Waals surface area contributed by atoms with Crippen LogP contribution < -0.4 is 5.56 Å². The third-order valence-electron chi connectivity index (χ3n) is 3.47. The maximum absolute atomic E-state index is 12.3. The Balaban J connectivity index is 2.02. The lowest BCUT2D eigenvalue weighted by molar-refractivity contribution is -0.128. The molecule has 1 saturated carbocycles. The molecule has 1 aliphatic carbocycles. The largest absolute Gasteiger partial charge is 0.396 e. The van der Waals surface area contributed by atoms with Crippen LogP contribution in [0.25, 0.3) is 5.65 Å². The molecule has 0 aliphatic heterocycles. The van der Waals surface area contributed by atoms with Gasteiger partial charge in [-0.05, 0) is 30.4 Å². The number of aromatic nitrogens is 3. The Kier molecular flexibility index (Phi) is 2.65. The van der Waals surface area contributed by atoms with Crippen molar-refractivity contribution >= 4 is 5.65 Å². The van der Waals surface area contributed by atoms with Crippen molar-refractivity contribution in [3.05, 3.63) is 33.9 Å². The van der Waals surface area contributed by atoms with Gasteiger partial charge in [-0.2, -0.15) is 13.2 Å². The van der Waals surface area contributed by atoms with Gasteiger partial charge in [-0.15, -0.1) is 0 Å². The second kappa shape index (κ2) is 4.11. The molecular formula is C12H12F3N3O. The highest BCUT2D eigenvalue weighted by atomic mass is 19.4. The van der Waals surface area contributed by atoms with E-state index in [1.165, 1.54) is 6.07 Å². The normalized spacial score (nSPS) is 16.8. The zero-order chi connectivity index (χ0) is 13.6. The first-order chi connectivity index (χ1) is 8.92. The summed E-state index contributed by atoms with van der Waals surface area (Å²) in [5.41, 5.74) is 0.773. The highest BCUT2D eigenvalue weighted by Crippen LogP contribution is 2.35. The molecule has 2 heterocycles. The standard InChI is InChI=1S/C12H12F3N3O/c13-12(14,15)6-9-16-10-4-8(7-2-1-3-7)5-11(19)18(10)17-9/h4-5,7H,1-3,6H2,(H,16,17). The van der Waals surface area contributed by atoms with Gasteiger partial charge in [0.2, 0.25) is 0 Å². The number of halogens is 3. The van der Waals surface area contributed by atoms with Crippen LogP contribution in [0, 0.1) is 0 Å². The van der Waals surface area contributed by atoms with Gasteiger partial charge in [0.25, 0.3) is 5.56 Å². The van der Waals surface area contributed by atoms with Crippen LogP contribution in [-0.2, 0) is 6.42 Å². The van der Waals surface area contributed by atoms with Crippen molar-refractivity contribution in [2.24, 2.45) is 0 Å². The molecule has 0 amide bonds. The Morgan fingerprint density at radius 2 is 2.11 bits per heavy atom. The summed E-state index contributed by atoms with van der Waals surface area (Å²) in [5.74, 6) is 0.107.